The van der Waals surface area contributed by atoms with Crippen LogP contribution >= 0.6 is 0 Å². The van der Waals surface area contributed by atoms with Crippen LogP contribution < -0.4 is 10.6 Å². The summed E-state index contributed by atoms with van der Waals surface area (Å²) in [5.41, 5.74) is 0. The minimum Gasteiger partial charge on any atom is -0.392 e. The molecule has 0 saturated heterocycles. The lowest BCUT2D eigenvalue weighted by Gasteiger charge is -2.10. The van der Waals surface area contributed by atoms with Crippen LogP contribution in [0.2, 0.25) is 0 Å². The molecule has 0 aliphatic carbocycles. The number of hydrogen-bond acceptors (Lipinski definition) is 4. The molecule has 0 aliphatic heterocycles. The molecule has 90 valence electrons. The predicted octanol–water partition coefficient (Wildman–Crippen LogP) is -0.975. The number of carbonyl (C=O) groups excluding carboxylic acids is 1. The standard InChI is InChI=1S/C10H23N3O2/c1-9(14)8-11-5-6-12-10(15)4-7-13(2)3/h9,11,14H,4-8H2,1-3H3,(H,12,15). The van der Waals surface area contributed by atoms with Crippen molar-refractivity contribution >= 4 is 5.91 Å². The summed E-state index contributed by atoms with van der Waals surface area (Å²) in [6.45, 7) is 4.36. The topological polar surface area (TPSA) is 64.6 Å². The highest BCUT2D eigenvalue weighted by Crippen LogP contribution is 1.82. The number of carbonyl (C=O) groups is 1. The minimum atomic E-state index is -0.338. The van der Waals surface area contributed by atoms with Crippen molar-refractivity contribution < 1.29 is 9.90 Å². The molecule has 0 aromatic rings. The van der Waals surface area contributed by atoms with Crippen molar-refractivity contribution in [2.24, 2.45) is 0 Å². The molecule has 1 unspecified atom stereocenters. The van der Waals surface area contributed by atoms with Gasteiger partial charge in [-0.3, -0.25) is 4.79 Å². The number of hydrogen-bond donors (Lipinski definition) is 3. The van der Waals surface area contributed by atoms with Crippen molar-refractivity contribution in [3.05, 3.63) is 0 Å². The van der Waals surface area contributed by atoms with Gasteiger partial charge in [-0.2, -0.15) is 0 Å². The summed E-state index contributed by atoms with van der Waals surface area (Å²) in [6.07, 6.45) is 0.193. The molecule has 0 fully saturated rings. The van der Waals surface area contributed by atoms with Crippen LogP contribution in [0.5, 0.6) is 0 Å². The average molecular weight is 217 g/mol. The van der Waals surface area contributed by atoms with Gasteiger partial charge in [0.05, 0.1) is 6.10 Å². The Morgan fingerprint density at radius 3 is 2.60 bits per heavy atom. The van der Waals surface area contributed by atoms with Gasteiger partial charge in [0, 0.05) is 32.6 Å². The summed E-state index contributed by atoms with van der Waals surface area (Å²) in [4.78, 5) is 13.2. The molecule has 1 amide bonds. The summed E-state index contributed by atoms with van der Waals surface area (Å²) >= 11 is 0. The van der Waals surface area contributed by atoms with Gasteiger partial charge in [0.2, 0.25) is 5.91 Å². The van der Waals surface area contributed by atoms with E-state index in [-0.39, 0.29) is 12.0 Å². The second kappa shape index (κ2) is 8.64. The van der Waals surface area contributed by atoms with E-state index in [0.717, 1.165) is 6.54 Å². The van der Waals surface area contributed by atoms with E-state index in [1.165, 1.54) is 0 Å². The molecule has 5 heteroatoms. The molecule has 0 heterocycles. The predicted molar refractivity (Wildman–Crippen MR) is 60.7 cm³/mol. The largest absolute Gasteiger partial charge is 0.392 e. The fourth-order valence-corrected chi connectivity index (χ4v) is 1.01. The van der Waals surface area contributed by atoms with Crippen LogP contribution in [0.25, 0.3) is 0 Å². The monoisotopic (exact) mass is 217 g/mol. The SMILES string of the molecule is CC(O)CNCCNC(=O)CCN(C)C. The molecule has 0 radical (unpaired) electrons. The molecule has 0 aromatic heterocycles. The number of nitrogens with zero attached hydrogens (tertiary/aromatic N) is 1. The highest BCUT2D eigenvalue weighted by Gasteiger charge is 2.00. The summed E-state index contributed by atoms with van der Waals surface area (Å²) in [5.74, 6) is 0.0718. The Labute approximate surface area is 91.8 Å². The van der Waals surface area contributed by atoms with Gasteiger partial charge < -0.3 is 20.6 Å². The van der Waals surface area contributed by atoms with Gasteiger partial charge in [0.15, 0.2) is 0 Å². The maximum absolute atomic E-state index is 11.2. The van der Waals surface area contributed by atoms with Crippen molar-refractivity contribution in [3.63, 3.8) is 0 Å². The van der Waals surface area contributed by atoms with Crippen molar-refractivity contribution in [3.8, 4) is 0 Å². The lowest BCUT2D eigenvalue weighted by molar-refractivity contribution is -0.121. The van der Waals surface area contributed by atoms with Gasteiger partial charge in [0.1, 0.15) is 0 Å². The van der Waals surface area contributed by atoms with E-state index in [1.807, 2.05) is 19.0 Å². The normalized spacial score (nSPS) is 12.9. The third-order valence-corrected chi connectivity index (χ3v) is 1.85. The third-order valence-electron chi connectivity index (χ3n) is 1.85. The summed E-state index contributed by atoms with van der Waals surface area (Å²) in [6, 6.07) is 0. The van der Waals surface area contributed by atoms with Gasteiger partial charge in [-0.1, -0.05) is 0 Å². The first-order valence-corrected chi connectivity index (χ1v) is 5.32. The zero-order valence-electron chi connectivity index (χ0n) is 9.92. The molecule has 15 heavy (non-hydrogen) atoms. The van der Waals surface area contributed by atoms with Gasteiger partial charge in [-0.05, 0) is 21.0 Å². The molecule has 0 bridgehead atoms. The molecule has 0 saturated carbocycles. The molecule has 1 atom stereocenters. The van der Waals surface area contributed by atoms with Crippen LogP contribution in [-0.2, 0) is 4.79 Å². The van der Waals surface area contributed by atoms with E-state index >= 15 is 0 Å². The van der Waals surface area contributed by atoms with E-state index in [1.54, 1.807) is 6.92 Å². The zero-order chi connectivity index (χ0) is 11.7. The minimum absolute atomic E-state index is 0.0718. The Balaban J connectivity index is 3.24. The number of aliphatic hydroxyl groups excluding tert-OH is 1. The Morgan fingerprint density at radius 2 is 2.07 bits per heavy atom. The number of amides is 1. The van der Waals surface area contributed by atoms with Crippen molar-refractivity contribution in [2.45, 2.75) is 19.4 Å². The van der Waals surface area contributed by atoms with E-state index in [2.05, 4.69) is 10.6 Å². The molecule has 0 rings (SSSR count). The Kier molecular flexibility index (Phi) is 8.27. The van der Waals surface area contributed by atoms with Gasteiger partial charge >= 0.3 is 0 Å². The van der Waals surface area contributed by atoms with E-state index in [9.17, 15) is 4.79 Å². The quantitative estimate of drug-likeness (QED) is 0.458. The lowest BCUT2D eigenvalue weighted by Crippen LogP contribution is -2.35. The first-order valence-electron chi connectivity index (χ1n) is 5.32. The Bertz CT molecular complexity index is 172. The first kappa shape index (κ1) is 14.3. The van der Waals surface area contributed by atoms with Crippen LogP contribution in [-0.4, -0.2) is 62.3 Å². The number of rotatable bonds is 8. The molecular formula is C10H23N3O2. The van der Waals surface area contributed by atoms with Gasteiger partial charge in [0.25, 0.3) is 0 Å². The van der Waals surface area contributed by atoms with Crippen LogP contribution in [0.3, 0.4) is 0 Å². The Morgan fingerprint density at radius 1 is 1.40 bits per heavy atom. The maximum atomic E-state index is 11.2. The van der Waals surface area contributed by atoms with Crippen LogP contribution in [0.15, 0.2) is 0 Å². The van der Waals surface area contributed by atoms with Crippen molar-refractivity contribution in [2.75, 3.05) is 40.3 Å². The fraction of sp³-hybridized carbons (Fsp3) is 0.900. The third kappa shape index (κ3) is 11.3. The maximum Gasteiger partial charge on any atom is 0.221 e. The molecule has 0 spiro atoms. The van der Waals surface area contributed by atoms with Crippen molar-refractivity contribution in [1.29, 1.82) is 0 Å². The molecule has 5 nitrogen and oxygen atoms in total. The molecule has 0 aromatic carbocycles. The van der Waals surface area contributed by atoms with Crippen molar-refractivity contribution in [1.82, 2.24) is 15.5 Å². The molecule has 3 N–H and O–H groups in total. The summed E-state index contributed by atoms with van der Waals surface area (Å²) in [7, 11) is 3.88. The summed E-state index contributed by atoms with van der Waals surface area (Å²) in [5, 5.41) is 14.8. The van der Waals surface area contributed by atoms with E-state index < -0.39 is 0 Å². The van der Waals surface area contributed by atoms with E-state index in [0.29, 0.717) is 26.1 Å². The molecular weight excluding hydrogens is 194 g/mol. The number of nitrogens with one attached hydrogen (secondary N) is 2. The van der Waals surface area contributed by atoms with Crippen LogP contribution in [0.1, 0.15) is 13.3 Å². The number of aliphatic hydroxyl groups is 1. The average Bonchev–Trinajstić information content (AvgIpc) is 2.13. The highest BCUT2D eigenvalue weighted by atomic mass is 16.3. The fourth-order valence-electron chi connectivity index (χ4n) is 1.01. The summed E-state index contributed by atoms with van der Waals surface area (Å²) < 4.78 is 0. The first-order chi connectivity index (χ1) is 7.02. The molecule has 0 aliphatic rings. The van der Waals surface area contributed by atoms with Crippen LogP contribution in [0, 0.1) is 0 Å². The van der Waals surface area contributed by atoms with E-state index in [4.69, 9.17) is 5.11 Å². The zero-order valence-corrected chi connectivity index (χ0v) is 9.92. The van der Waals surface area contributed by atoms with Crippen LogP contribution in [0.4, 0.5) is 0 Å². The second-order valence-electron chi connectivity index (χ2n) is 3.96. The van der Waals surface area contributed by atoms with Gasteiger partial charge in [-0.15, -0.1) is 0 Å². The smallest absolute Gasteiger partial charge is 0.221 e. The lowest BCUT2D eigenvalue weighted by atomic mass is 10.3. The Hall–Kier alpha value is -0.650. The highest BCUT2D eigenvalue weighted by molar-refractivity contribution is 5.76. The second-order valence-corrected chi connectivity index (χ2v) is 3.96. The van der Waals surface area contributed by atoms with Gasteiger partial charge in [-0.25, -0.2) is 0 Å².